The Bertz CT molecular complexity index is 592. The van der Waals surface area contributed by atoms with Gasteiger partial charge in [0.05, 0.1) is 5.71 Å². The first-order valence-corrected chi connectivity index (χ1v) is 7.49. The lowest BCUT2D eigenvalue weighted by molar-refractivity contribution is 0.0814. The largest absolute Gasteiger partial charge is 0.485 e. The summed E-state index contributed by atoms with van der Waals surface area (Å²) in [7, 11) is 0. The molecule has 5 heteroatoms. The molecule has 2 heterocycles. The van der Waals surface area contributed by atoms with E-state index in [-0.39, 0.29) is 11.6 Å². The molecule has 2 aliphatic heterocycles. The number of hydrogen-bond donors (Lipinski definition) is 1. The molecule has 0 amide bonds. The van der Waals surface area contributed by atoms with Gasteiger partial charge in [0.2, 0.25) is 5.17 Å². The fourth-order valence-electron chi connectivity index (χ4n) is 2.44. The molecule has 0 saturated carbocycles. The van der Waals surface area contributed by atoms with Gasteiger partial charge in [-0.15, -0.1) is 0 Å². The van der Waals surface area contributed by atoms with Crippen molar-refractivity contribution in [2.24, 2.45) is 10.1 Å². The Morgan fingerprint density at radius 3 is 2.89 bits per heavy atom. The second-order valence-electron chi connectivity index (χ2n) is 5.36. The molecule has 0 saturated heterocycles. The van der Waals surface area contributed by atoms with Gasteiger partial charge in [0, 0.05) is 5.56 Å². The highest BCUT2D eigenvalue weighted by atomic mass is 32.2. The van der Waals surface area contributed by atoms with Crippen LogP contribution in [0.5, 0.6) is 5.75 Å². The highest BCUT2D eigenvalue weighted by Crippen LogP contribution is 2.35. The van der Waals surface area contributed by atoms with E-state index in [2.05, 4.69) is 48.4 Å². The van der Waals surface area contributed by atoms with Crippen molar-refractivity contribution >= 4 is 22.6 Å². The van der Waals surface area contributed by atoms with Crippen LogP contribution in [0.15, 0.2) is 28.3 Å². The Morgan fingerprint density at radius 1 is 1.37 bits per heavy atom. The smallest absolute Gasteiger partial charge is 0.206 e. The molecule has 3 rings (SSSR count). The Morgan fingerprint density at radius 2 is 2.16 bits per heavy atom. The third-order valence-electron chi connectivity index (χ3n) is 3.44. The second-order valence-corrected chi connectivity index (χ2v) is 6.14. The van der Waals surface area contributed by atoms with E-state index in [0.717, 1.165) is 22.2 Å². The van der Waals surface area contributed by atoms with Gasteiger partial charge in [0.15, 0.2) is 0 Å². The summed E-state index contributed by atoms with van der Waals surface area (Å²) < 4.78 is 6.09. The number of nitrogens with one attached hydrogen (secondary N) is 1. The highest BCUT2D eigenvalue weighted by Gasteiger charge is 2.43. The normalized spacial score (nSPS) is 23.3. The van der Waals surface area contributed by atoms with Crippen molar-refractivity contribution in [2.75, 3.05) is 6.26 Å². The standard InChI is InChI=1S/C14H17N3OS/c1-8-5-6-10-9(7-8)11-12(14(2,3)18-10)16-17-13(15-11)19-4/h5-7,12,16H,1-4H3. The van der Waals surface area contributed by atoms with Crippen LogP contribution in [0.1, 0.15) is 25.0 Å². The maximum Gasteiger partial charge on any atom is 0.206 e. The monoisotopic (exact) mass is 275 g/mol. The molecule has 0 fully saturated rings. The fraction of sp³-hybridized carbons (Fsp3) is 0.429. The van der Waals surface area contributed by atoms with Crippen LogP contribution < -0.4 is 10.2 Å². The molecule has 1 N–H and O–H groups in total. The Hall–Kier alpha value is -1.49. The molecule has 0 aliphatic carbocycles. The molecule has 1 unspecified atom stereocenters. The van der Waals surface area contributed by atoms with E-state index in [1.54, 1.807) is 0 Å². The van der Waals surface area contributed by atoms with Gasteiger partial charge in [0.25, 0.3) is 0 Å². The maximum absolute atomic E-state index is 6.09. The summed E-state index contributed by atoms with van der Waals surface area (Å²) in [6, 6.07) is 6.20. The van der Waals surface area contributed by atoms with Crippen molar-refractivity contribution in [3.63, 3.8) is 0 Å². The predicted octanol–water partition coefficient (Wildman–Crippen LogP) is 2.56. The summed E-state index contributed by atoms with van der Waals surface area (Å²) in [5.41, 5.74) is 6.11. The van der Waals surface area contributed by atoms with E-state index in [0.29, 0.717) is 0 Å². The number of thioether (sulfide) groups is 1. The van der Waals surface area contributed by atoms with Crippen LogP contribution in [0.4, 0.5) is 0 Å². The summed E-state index contributed by atoms with van der Waals surface area (Å²) in [5.74, 6) is 0.898. The number of amidine groups is 1. The van der Waals surface area contributed by atoms with Crippen LogP contribution in [0.25, 0.3) is 0 Å². The molecule has 2 aliphatic rings. The molecule has 1 atom stereocenters. The maximum atomic E-state index is 6.09. The average Bonchev–Trinajstić information content (AvgIpc) is 2.39. The summed E-state index contributed by atoms with van der Waals surface area (Å²) in [6.07, 6.45) is 1.98. The molecule has 4 nitrogen and oxygen atoms in total. The van der Waals surface area contributed by atoms with Crippen LogP contribution in [0.3, 0.4) is 0 Å². The fourth-order valence-corrected chi connectivity index (χ4v) is 2.77. The van der Waals surface area contributed by atoms with Crippen molar-refractivity contribution in [1.82, 2.24) is 5.43 Å². The van der Waals surface area contributed by atoms with Crippen molar-refractivity contribution in [3.8, 4) is 5.75 Å². The van der Waals surface area contributed by atoms with Crippen LogP contribution in [0.2, 0.25) is 0 Å². The number of nitrogens with zero attached hydrogens (tertiary/aromatic N) is 2. The van der Waals surface area contributed by atoms with Gasteiger partial charge in [0.1, 0.15) is 17.4 Å². The van der Waals surface area contributed by atoms with Crippen molar-refractivity contribution in [2.45, 2.75) is 32.4 Å². The van der Waals surface area contributed by atoms with Gasteiger partial charge in [-0.3, -0.25) is 5.43 Å². The number of rotatable bonds is 0. The van der Waals surface area contributed by atoms with E-state index in [4.69, 9.17) is 4.74 Å². The van der Waals surface area contributed by atoms with Gasteiger partial charge in [-0.1, -0.05) is 23.4 Å². The summed E-state index contributed by atoms with van der Waals surface area (Å²) in [5, 5.41) is 5.05. The third kappa shape index (κ3) is 2.02. The zero-order valence-electron chi connectivity index (χ0n) is 11.5. The minimum atomic E-state index is -0.367. The lowest BCUT2D eigenvalue weighted by Crippen LogP contribution is -2.58. The van der Waals surface area contributed by atoms with E-state index >= 15 is 0 Å². The van der Waals surface area contributed by atoms with Crippen LogP contribution in [-0.4, -0.2) is 28.8 Å². The molecule has 1 aromatic carbocycles. The minimum Gasteiger partial charge on any atom is -0.485 e. The molecule has 0 radical (unpaired) electrons. The number of hydrogen-bond acceptors (Lipinski definition) is 5. The molecular weight excluding hydrogens is 258 g/mol. The molecule has 0 aromatic heterocycles. The van der Waals surface area contributed by atoms with Gasteiger partial charge in [-0.05, 0) is 39.2 Å². The van der Waals surface area contributed by atoms with Crippen LogP contribution >= 0.6 is 11.8 Å². The first-order chi connectivity index (χ1) is 9.01. The highest BCUT2D eigenvalue weighted by molar-refractivity contribution is 8.13. The topological polar surface area (TPSA) is 46.0 Å². The Kier molecular flexibility index (Phi) is 2.82. The van der Waals surface area contributed by atoms with Gasteiger partial charge >= 0.3 is 0 Å². The number of hydrazone groups is 1. The molecular formula is C14H17N3OS. The van der Waals surface area contributed by atoms with Crippen molar-refractivity contribution in [3.05, 3.63) is 29.3 Å². The first-order valence-electron chi connectivity index (χ1n) is 6.27. The second kappa shape index (κ2) is 4.27. The Balaban J connectivity index is 2.18. The van der Waals surface area contributed by atoms with E-state index in [9.17, 15) is 0 Å². The number of aryl methyl sites for hydroxylation is 1. The first kappa shape index (κ1) is 12.5. The molecule has 100 valence electrons. The zero-order chi connectivity index (χ0) is 13.6. The lowest BCUT2D eigenvalue weighted by atomic mass is 9.86. The molecule has 0 bridgehead atoms. The van der Waals surface area contributed by atoms with Gasteiger partial charge in [-0.25, -0.2) is 4.99 Å². The van der Waals surface area contributed by atoms with Crippen molar-refractivity contribution < 1.29 is 4.74 Å². The zero-order valence-corrected chi connectivity index (χ0v) is 12.3. The number of fused-ring (bicyclic) bond motifs is 3. The van der Waals surface area contributed by atoms with E-state index < -0.39 is 0 Å². The van der Waals surface area contributed by atoms with Crippen LogP contribution in [0, 0.1) is 6.92 Å². The van der Waals surface area contributed by atoms with E-state index in [1.165, 1.54) is 17.3 Å². The summed E-state index contributed by atoms with van der Waals surface area (Å²) >= 11 is 1.54. The molecule has 1 aromatic rings. The molecule has 0 spiro atoms. The Labute approximate surface area is 117 Å². The molecule has 19 heavy (non-hydrogen) atoms. The van der Waals surface area contributed by atoms with E-state index in [1.807, 2.05) is 12.3 Å². The van der Waals surface area contributed by atoms with Gasteiger partial charge < -0.3 is 4.74 Å². The quantitative estimate of drug-likeness (QED) is 0.791. The third-order valence-corrected chi connectivity index (χ3v) is 3.99. The number of ether oxygens (including phenoxy) is 1. The minimum absolute atomic E-state index is 0.0160. The summed E-state index contributed by atoms with van der Waals surface area (Å²) in [4.78, 5) is 4.69. The number of benzene rings is 1. The number of aliphatic imine (C=N–C) groups is 1. The SMILES string of the molecule is CSC1=NNC2C(=N1)c1cc(C)ccc1OC2(C)C. The van der Waals surface area contributed by atoms with Crippen molar-refractivity contribution in [1.29, 1.82) is 0 Å². The van der Waals surface area contributed by atoms with Gasteiger partial charge in [-0.2, -0.15) is 5.10 Å². The summed E-state index contributed by atoms with van der Waals surface area (Å²) in [6.45, 7) is 6.20. The average molecular weight is 275 g/mol. The lowest BCUT2D eigenvalue weighted by Gasteiger charge is -2.41. The van der Waals surface area contributed by atoms with Crippen LogP contribution in [-0.2, 0) is 0 Å². The predicted molar refractivity (Wildman–Crippen MR) is 80.3 cm³/mol.